The van der Waals surface area contributed by atoms with Gasteiger partial charge < -0.3 is 5.73 Å². The Balaban J connectivity index is 1.39. The number of benzene rings is 2. The third-order valence-electron chi connectivity index (χ3n) is 5.93. The molecule has 3 N–H and O–H groups in total. The second-order valence-corrected chi connectivity index (χ2v) is 8.01. The van der Waals surface area contributed by atoms with Crippen LogP contribution in [0.5, 0.6) is 0 Å². The minimum absolute atomic E-state index is 0.330. The first-order chi connectivity index (χ1) is 16.3. The summed E-state index contributed by atoms with van der Waals surface area (Å²) in [5.41, 5.74) is 12.3. The van der Waals surface area contributed by atoms with Crippen molar-refractivity contribution in [2.75, 3.05) is 26.2 Å². The number of hydrogen-bond donors (Lipinski definition) is 2. The van der Waals surface area contributed by atoms with Gasteiger partial charge in [-0.3, -0.25) is 15.2 Å². The first-order valence-corrected chi connectivity index (χ1v) is 11.3. The molecule has 1 aliphatic rings. The SMILES string of the molecule is N#C[N+](=C(N)NCCN1CCC(=C(c2ccccc2)c2ccccc2)CC1)c1ccncc1. The van der Waals surface area contributed by atoms with Crippen molar-refractivity contribution in [1.29, 1.82) is 5.26 Å². The number of aromatic nitrogens is 1. The maximum atomic E-state index is 9.47. The summed E-state index contributed by atoms with van der Waals surface area (Å²) in [6, 6.07) is 24.9. The van der Waals surface area contributed by atoms with Crippen molar-refractivity contribution in [3.63, 3.8) is 0 Å². The molecule has 0 bridgehead atoms. The largest absolute Gasteiger partial charge is 0.331 e. The number of nitrogens with zero attached hydrogens (tertiary/aromatic N) is 4. The lowest BCUT2D eigenvalue weighted by Crippen LogP contribution is -2.43. The summed E-state index contributed by atoms with van der Waals surface area (Å²) in [6.45, 7) is 3.56. The third-order valence-corrected chi connectivity index (χ3v) is 5.93. The summed E-state index contributed by atoms with van der Waals surface area (Å²) in [7, 11) is 0. The van der Waals surface area contributed by atoms with Gasteiger partial charge in [-0.2, -0.15) is 0 Å². The van der Waals surface area contributed by atoms with E-state index in [1.54, 1.807) is 24.5 Å². The summed E-state index contributed by atoms with van der Waals surface area (Å²) in [4.78, 5) is 6.43. The molecule has 4 rings (SSSR count). The van der Waals surface area contributed by atoms with E-state index >= 15 is 0 Å². The molecule has 2 aromatic carbocycles. The van der Waals surface area contributed by atoms with Gasteiger partial charge in [-0.1, -0.05) is 66.2 Å². The Kier molecular flexibility index (Phi) is 7.47. The molecular weight excluding hydrogens is 408 g/mol. The Labute approximate surface area is 195 Å². The van der Waals surface area contributed by atoms with Crippen molar-refractivity contribution in [3.8, 4) is 6.19 Å². The normalized spacial score (nSPS) is 14.8. The van der Waals surface area contributed by atoms with Gasteiger partial charge in [0.15, 0.2) is 0 Å². The molecule has 0 amide bonds. The van der Waals surface area contributed by atoms with Crippen LogP contribution >= 0.6 is 0 Å². The van der Waals surface area contributed by atoms with Crippen LogP contribution in [-0.2, 0) is 0 Å². The summed E-state index contributed by atoms with van der Waals surface area (Å²) in [5.74, 6) is 0.330. The standard InChI is InChI=1S/C27H28N6/c28-21-33(25-11-15-30-16-12-25)27(29)31-17-20-32-18-13-24(14-19-32)26(22-7-3-1-4-8-22)23-9-5-2-6-10-23/h1-12,15-16H,13-14,17-20H2,(H2,29,31)/p+1. The fourth-order valence-corrected chi connectivity index (χ4v) is 4.25. The molecule has 1 fully saturated rings. The Morgan fingerprint density at radius 1 is 0.939 bits per heavy atom. The van der Waals surface area contributed by atoms with Gasteiger partial charge in [0.25, 0.3) is 0 Å². The molecule has 166 valence electrons. The van der Waals surface area contributed by atoms with Crippen LogP contribution in [0.25, 0.3) is 5.57 Å². The van der Waals surface area contributed by atoms with E-state index in [4.69, 9.17) is 5.73 Å². The van der Waals surface area contributed by atoms with Crippen molar-refractivity contribution in [2.24, 2.45) is 5.73 Å². The zero-order chi connectivity index (χ0) is 22.9. The van der Waals surface area contributed by atoms with Crippen LogP contribution < -0.4 is 11.1 Å². The number of hydrogen-bond acceptors (Lipinski definition) is 3. The van der Waals surface area contributed by atoms with Gasteiger partial charge in [0.2, 0.25) is 0 Å². The second-order valence-electron chi connectivity index (χ2n) is 8.01. The highest BCUT2D eigenvalue weighted by atomic mass is 15.2. The van der Waals surface area contributed by atoms with E-state index in [0.717, 1.165) is 32.5 Å². The molecule has 0 unspecified atom stereocenters. The zero-order valence-electron chi connectivity index (χ0n) is 18.7. The molecule has 6 heteroatoms. The number of nitriles is 1. The molecular formula is C27H29N6+. The van der Waals surface area contributed by atoms with Crippen LogP contribution in [-0.4, -0.2) is 46.6 Å². The second kappa shape index (κ2) is 11.1. The quantitative estimate of drug-likeness (QED) is 0.202. The third kappa shape index (κ3) is 5.65. The van der Waals surface area contributed by atoms with Gasteiger partial charge in [-0.05, 0) is 46.9 Å². The number of guanidine groups is 1. The monoisotopic (exact) mass is 437 g/mol. The molecule has 0 aliphatic carbocycles. The van der Waals surface area contributed by atoms with Gasteiger partial charge in [0, 0.05) is 32.0 Å². The van der Waals surface area contributed by atoms with Crippen molar-refractivity contribution in [1.82, 2.24) is 15.2 Å². The maximum absolute atomic E-state index is 9.47. The Hall–Kier alpha value is -3.95. The molecule has 0 atom stereocenters. The first-order valence-electron chi connectivity index (χ1n) is 11.3. The van der Waals surface area contributed by atoms with Gasteiger partial charge >= 0.3 is 12.2 Å². The van der Waals surface area contributed by atoms with E-state index in [0.29, 0.717) is 18.2 Å². The number of pyridine rings is 1. The van der Waals surface area contributed by atoms with Crippen LogP contribution in [0.15, 0.2) is 90.8 Å². The predicted molar refractivity (Wildman–Crippen MR) is 132 cm³/mol. The molecule has 33 heavy (non-hydrogen) atoms. The fraction of sp³-hybridized carbons (Fsp3) is 0.222. The zero-order valence-corrected chi connectivity index (χ0v) is 18.7. The maximum Gasteiger partial charge on any atom is 0.331 e. The summed E-state index contributed by atoms with van der Waals surface area (Å²) < 4.78 is 1.38. The molecule has 0 radical (unpaired) electrons. The number of rotatable bonds is 6. The van der Waals surface area contributed by atoms with Crippen molar-refractivity contribution < 1.29 is 4.58 Å². The highest BCUT2D eigenvalue weighted by Crippen LogP contribution is 2.32. The van der Waals surface area contributed by atoms with Crippen LogP contribution in [0.3, 0.4) is 0 Å². The lowest BCUT2D eigenvalue weighted by molar-refractivity contribution is -0.344. The van der Waals surface area contributed by atoms with E-state index < -0.39 is 0 Å². The predicted octanol–water partition coefficient (Wildman–Crippen LogP) is 3.71. The lowest BCUT2D eigenvalue weighted by Gasteiger charge is -2.30. The minimum Gasteiger partial charge on any atom is -0.309 e. The number of nitrogens with one attached hydrogen (secondary N) is 1. The number of piperidine rings is 1. The fourth-order valence-electron chi connectivity index (χ4n) is 4.25. The molecule has 2 heterocycles. The highest BCUT2D eigenvalue weighted by Gasteiger charge is 2.19. The molecule has 0 spiro atoms. The molecule has 1 saturated heterocycles. The van der Waals surface area contributed by atoms with Gasteiger partial charge in [0.1, 0.15) is 5.69 Å². The summed E-state index contributed by atoms with van der Waals surface area (Å²) in [6.07, 6.45) is 7.49. The summed E-state index contributed by atoms with van der Waals surface area (Å²) >= 11 is 0. The van der Waals surface area contributed by atoms with Crippen LogP contribution in [0.1, 0.15) is 24.0 Å². The van der Waals surface area contributed by atoms with E-state index in [1.165, 1.54) is 26.8 Å². The minimum atomic E-state index is 0.330. The summed E-state index contributed by atoms with van der Waals surface area (Å²) in [5, 5.41) is 12.7. The highest BCUT2D eigenvalue weighted by molar-refractivity contribution is 5.82. The Bertz CT molecular complexity index is 1100. The van der Waals surface area contributed by atoms with Gasteiger partial charge in [0.05, 0.1) is 6.54 Å². The van der Waals surface area contributed by atoms with E-state index in [2.05, 4.69) is 82.1 Å². The molecule has 3 aromatic rings. The molecule has 1 aromatic heterocycles. The van der Waals surface area contributed by atoms with Gasteiger partial charge in [-0.25, -0.2) is 0 Å². The molecule has 0 saturated carbocycles. The Morgan fingerprint density at radius 2 is 1.52 bits per heavy atom. The van der Waals surface area contributed by atoms with Crippen LogP contribution in [0.4, 0.5) is 5.69 Å². The van der Waals surface area contributed by atoms with Gasteiger partial charge in [-0.15, -0.1) is 4.58 Å². The van der Waals surface area contributed by atoms with Crippen LogP contribution in [0.2, 0.25) is 0 Å². The Morgan fingerprint density at radius 3 is 2.06 bits per heavy atom. The topological polar surface area (TPSA) is 81.0 Å². The van der Waals surface area contributed by atoms with E-state index in [1.807, 2.05) is 0 Å². The molecule has 1 aliphatic heterocycles. The van der Waals surface area contributed by atoms with Crippen LogP contribution in [0, 0.1) is 11.5 Å². The molecule has 6 nitrogen and oxygen atoms in total. The van der Waals surface area contributed by atoms with Crippen molar-refractivity contribution in [3.05, 3.63) is 102 Å². The average molecular weight is 438 g/mol. The average Bonchev–Trinajstić information content (AvgIpc) is 2.88. The number of likely N-dealkylation sites (tertiary alicyclic amines) is 1. The van der Waals surface area contributed by atoms with E-state index in [-0.39, 0.29) is 0 Å². The number of nitrogens with two attached hydrogens (primary N) is 1. The smallest absolute Gasteiger partial charge is 0.309 e. The first kappa shape index (κ1) is 22.3. The van der Waals surface area contributed by atoms with Crippen molar-refractivity contribution in [2.45, 2.75) is 12.8 Å². The van der Waals surface area contributed by atoms with Crippen molar-refractivity contribution >= 4 is 17.2 Å². The lowest BCUT2D eigenvalue weighted by atomic mass is 9.88. The van der Waals surface area contributed by atoms with E-state index in [9.17, 15) is 5.26 Å².